The summed E-state index contributed by atoms with van der Waals surface area (Å²) in [6, 6.07) is 7.61. The van der Waals surface area contributed by atoms with Gasteiger partial charge in [0, 0.05) is 29.2 Å². The highest BCUT2D eigenvalue weighted by molar-refractivity contribution is 8.00. The topological polar surface area (TPSA) is 46.3 Å². The van der Waals surface area contributed by atoms with Crippen LogP contribution in [0.5, 0.6) is 0 Å². The molecule has 0 saturated carbocycles. The lowest BCUT2D eigenvalue weighted by Crippen LogP contribution is -2.44. The van der Waals surface area contributed by atoms with E-state index in [0.29, 0.717) is 21.9 Å². The predicted molar refractivity (Wildman–Crippen MR) is 89.1 cm³/mol. The molecule has 2 N–H and O–H groups in total. The lowest BCUT2D eigenvalue weighted by atomic mass is 10.1. The Balaban J connectivity index is 1.98. The Labute approximate surface area is 129 Å². The summed E-state index contributed by atoms with van der Waals surface area (Å²) >= 11 is 6.87. The van der Waals surface area contributed by atoms with E-state index in [0.717, 1.165) is 24.2 Å². The molecule has 1 fully saturated rings. The Kier molecular flexibility index (Phi) is 5.05. The first-order valence-corrected chi connectivity index (χ1v) is 8.13. The molecule has 1 heterocycles. The van der Waals surface area contributed by atoms with Crippen LogP contribution in [0.15, 0.2) is 24.3 Å². The van der Waals surface area contributed by atoms with Crippen molar-refractivity contribution in [2.45, 2.75) is 30.8 Å². The van der Waals surface area contributed by atoms with E-state index in [1.54, 1.807) is 0 Å². The minimum absolute atomic E-state index is 0.201. The summed E-state index contributed by atoms with van der Waals surface area (Å²) in [6.07, 6.45) is 0.446. The van der Waals surface area contributed by atoms with Crippen LogP contribution in [-0.4, -0.2) is 39.4 Å². The van der Waals surface area contributed by atoms with Crippen molar-refractivity contribution >= 4 is 34.9 Å². The van der Waals surface area contributed by atoms with Crippen molar-refractivity contribution in [1.82, 2.24) is 4.90 Å². The fourth-order valence-electron chi connectivity index (χ4n) is 2.45. The Bertz CT molecular complexity index is 491. The molecule has 0 spiro atoms. The van der Waals surface area contributed by atoms with Crippen LogP contribution in [0.4, 0.5) is 0 Å². The molecular weight excluding hydrogens is 288 g/mol. The molecular formula is C15H20N2OS2. The van der Waals surface area contributed by atoms with Gasteiger partial charge in [-0.25, -0.2) is 0 Å². The van der Waals surface area contributed by atoms with Crippen molar-refractivity contribution in [2.24, 2.45) is 5.73 Å². The second-order valence-corrected chi connectivity index (χ2v) is 7.62. The summed E-state index contributed by atoms with van der Waals surface area (Å²) in [7, 11) is 0. The van der Waals surface area contributed by atoms with Gasteiger partial charge in [0.15, 0.2) is 0 Å². The van der Waals surface area contributed by atoms with E-state index in [-0.39, 0.29) is 5.91 Å². The largest absolute Gasteiger partial charge is 0.389 e. The zero-order chi connectivity index (χ0) is 14.7. The van der Waals surface area contributed by atoms with E-state index in [9.17, 15) is 4.79 Å². The van der Waals surface area contributed by atoms with Gasteiger partial charge in [0.2, 0.25) is 5.91 Å². The van der Waals surface area contributed by atoms with Gasteiger partial charge >= 0.3 is 0 Å². The second kappa shape index (κ2) is 6.59. The molecule has 20 heavy (non-hydrogen) atoms. The molecule has 1 aliphatic heterocycles. The van der Waals surface area contributed by atoms with Crippen molar-refractivity contribution in [1.29, 1.82) is 0 Å². The standard InChI is InChI=1S/C15H20N2OS2/c1-10-8-17(9-11(2)20-10)14(18)7-12-3-5-13(6-4-12)15(16)19/h3-6,10-11H,7-9H2,1-2H3,(H2,16,19). The molecule has 1 aromatic rings. The molecule has 0 aliphatic carbocycles. The summed E-state index contributed by atoms with van der Waals surface area (Å²) in [5, 5.41) is 1.03. The van der Waals surface area contributed by atoms with Crippen LogP contribution in [0, 0.1) is 0 Å². The van der Waals surface area contributed by atoms with Gasteiger partial charge in [-0.05, 0) is 5.56 Å². The summed E-state index contributed by atoms with van der Waals surface area (Å²) in [4.78, 5) is 14.7. The summed E-state index contributed by atoms with van der Waals surface area (Å²) in [6.45, 7) is 6.05. The molecule has 0 radical (unpaired) electrons. The first-order chi connectivity index (χ1) is 9.45. The first kappa shape index (κ1) is 15.3. The summed E-state index contributed by atoms with van der Waals surface area (Å²) in [5.74, 6) is 0.201. The highest BCUT2D eigenvalue weighted by Gasteiger charge is 2.25. The molecule has 2 rings (SSSR count). The number of rotatable bonds is 3. The highest BCUT2D eigenvalue weighted by atomic mass is 32.2. The number of nitrogens with zero attached hydrogens (tertiary/aromatic N) is 1. The van der Waals surface area contributed by atoms with Crippen LogP contribution >= 0.6 is 24.0 Å². The van der Waals surface area contributed by atoms with Gasteiger partial charge in [0.05, 0.1) is 6.42 Å². The van der Waals surface area contributed by atoms with Gasteiger partial charge in [-0.15, -0.1) is 0 Å². The van der Waals surface area contributed by atoms with E-state index >= 15 is 0 Å². The average Bonchev–Trinajstić information content (AvgIpc) is 2.38. The Morgan fingerprint density at radius 3 is 2.35 bits per heavy atom. The van der Waals surface area contributed by atoms with Crippen LogP contribution < -0.4 is 5.73 Å². The molecule has 3 nitrogen and oxygen atoms in total. The SMILES string of the molecule is CC1CN(C(=O)Cc2ccc(C(N)=S)cc2)CC(C)S1. The van der Waals surface area contributed by atoms with Crippen LogP contribution in [0.1, 0.15) is 25.0 Å². The maximum Gasteiger partial charge on any atom is 0.227 e. The molecule has 2 unspecified atom stereocenters. The Morgan fingerprint density at radius 1 is 1.30 bits per heavy atom. The van der Waals surface area contributed by atoms with E-state index in [4.69, 9.17) is 18.0 Å². The van der Waals surface area contributed by atoms with Gasteiger partial charge in [0.25, 0.3) is 0 Å². The van der Waals surface area contributed by atoms with Crippen LogP contribution in [0.2, 0.25) is 0 Å². The molecule has 1 amide bonds. The van der Waals surface area contributed by atoms with Crippen molar-refractivity contribution in [3.8, 4) is 0 Å². The van der Waals surface area contributed by atoms with Gasteiger partial charge in [0.1, 0.15) is 4.99 Å². The molecule has 108 valence electrons. The fourth-order valence-corrected chi connectivity index (χ4v) is 3.92. The third-order valence-electron chi connectivity index (χ3n) is 3.37. The van der Waals surface area contributed by atoms with E-state index in [1.807, 2.05) is 40.9 Å². The summed E-state index contributed by atoms with van der Waals surface area (Å²) < 4.78 is 0. The molecule has 0 bridgehead atoms. The molecule has 1 saturated heterocycles. The second-order valence-electron chi connectivity index (χ2n) is 5.29. The van der Waals surface area contributed by atoms with Crippen molar-refractivity contribution in [3.63, 3.8) is 0 Å². The lowest BCUT2D eigenvalue weighted by Gasteiger charge is -2.34. The van der Waals surface area contributed by atoms with Crippen molar-refractivity contribution in [3.05, 3.63) is 35.4 Å². The maximum absolute atomic E-state index is 12.3. The smallest absolute Gasteiger partial charge is 0.227 e. The average molecular weight is 308 g/mol. The number of amides is 1. The zero-order valence-corrected chi connectivity index (χ0v) is 13.5. The number of benzene rings is 1. The number of thiocarbonyl (C=S) groups is 1. The van der Waals surface area contributed by atoms with Gasteiger partial charge in [-0.1, -0.05) is 50.3 Å². The first-order valence-electron chi connectivity index (χ1n) is 6.77. The Morgan fingerprint density at radius 2 is 1.85 bits per heavy atom. The highest BCUT2D eigenvalue weighted by Crippen LogP contribution is 2.25. The molecule has 5 heteroatoms. The maximum atomic E-state index is 12.3. The Hall–Kier alpha value is -1.07. The monoisotopic (exact) mass is 308 g/mol. The van der Waals surface area contributed by atoms with E-state index < -0.39 is 0 Å². The number of nitrogens with two attached hydrogens (primary N) is 1. The molecule has 1 aromatic carbocycles. The third-order valence-corrected chi connectivity index (χ3v) is 4.83. The van der Waals surface area contributed by atoms with Crippen molar-refractivity contribution in [2.75, 3.05) is 13.1 Å². The van der Waals surface area contributed by atoms with Crippen molar-refractivity contribution < 1.29 is 4.79 Å². The van der Waals surface area contributed by atoms with Crippen LogP contribution in [0.3, 0.4) is 0 Å². The molecule has 0 aromatic heterocycles. The van der Waals surface area contributed by atoms with Gasteiger partial charge < -0.3 is 10.6 Å². The van der Waals surface area contributed by atoms with E-state index in [2.05, 4.69) is 13.8 Å². The van der Waals surface area contributed by atoms with Crippen LogP contribution in [0.25, 0.3) is 0 Å². The predicted octanol–water partition coefficient (Wildman–Crippen LogP) is 2.22. The lowest BCUT2D eigenvalue weighted by molar-refractivity contribution is -0.130. The molecule has 2 atom stereocenters. The summed E-state index contributed by atoms with van der Waals surface area (Å²) in [5.41, 5.74) is 7.41. The fraction of sp³-hybridized carbons (Fsp3) is 0.467. The van der Waals surface area contributed by atoms with Crippen LogP contribution in [-0.2, 0) is 11.2 Å². The minimum atomic E-state index is 0.201. The minimum Gasteiger partial charge on any atom is -0.389 e. The van der Waals surface area contributed by atoms with E-state index in [1.165, 1.54) is 0 Å². The quantitative estimate of drug-likeness (QED) is 0.870. The number of hydrogen-bond donors (Lipinski definition) is 1. The number of hydrogen-bond acceptors (Lipinski definition) is 3. The van der Waals surface area contributed by atoms with Gasteiger partial charge in [-0.2, -0.15) is 11.8 Å². The van der Waals surface area contributed by atoms with Gasteiger partial charge in [-0.3, -0.25) is 4.79 Å². The molecule has 1 aliphatic rings. The zero-order valence-electron chi connectivity index (χ0n) is 11.8. The third kappa shape index (κ3) is 3.96. The normalized spacial score (nSPS) is 22.6. The number of carbonyl (C=O) groups is 1. The number of thioether (sulfide) groups is 1. The number of carbonyl (C=O) groups excluding carboxylic acids is 1.